The van der Waals surface area contributed by atoms with Gasteiger partial charge in [0.2, 0.25) is 5.82 Å². The lowest BCUT2D eigenvalue weighted by atomic mass is 9.94. The van der Waals surface area contributed by atoms with Crippen LogP contribution in [0.5, 0.6) is 0 Å². The fourth-order valence-corrected chi connectivity index (χ4v) is 4.67. The van der Waals surface area contributed by atoms with Crippen molar-refractivity contribution in [3.8, 4) is 11.4 Å². The molecule has 5 rings (SSSR count). The summed E-state index contributed by atoms with van der Waals surface area (Å²) in [7, 11) is 0. The quantitative estimate of drug-likeness (QED) is 0.333. The standard InChI is InChI=1S/C28H25FN4OS/c1-17-7-6-10-21(15-17)26-31-27(34-32-26)24-19(3)33(16-22-9-5-4-8-18(22)2)28(35)30-25(24)20-11-13-23(29)14-12-20/h4-15,25H,16H2,1-3H3,(H,30,35). The smallest absolute Gasteiger partial charge is 0.258 e. The Balaban J connectivity index is 1.61. The first kappa shape index (κ1) is 22.9. The third-order valence-electron chi connectivity index (χ3n) is 6.32. The molecule has 1 atom stereocenters. The molecule has 0 fully saturated rings. The summed E-state index contributed by atoms with van der Waals surface area (Å²) in [6, 6.07) is 22.2. The van der Waals surface area contributed by atoms with Crippen LogP contribution in [-0.4, -0.2) is 20.2 Å². The van der Waals surface area contributed by atoms with Crippen LogP contribution in [0.15, 0.2) is 83.0 Å². The van der Waals surface area contributed by atoms with Gasteiger partial charge in [-0.1, -0.05) is 65.3 Å². The molecule has 0 aliphatic carbocycles. The summed E-state index contributed by atoms with van der Waals surface area (Å²) in [5.74, 6) is 0.619. The van der Waals surface area contributed by atoms with Gasteiger partial charge in [-0.15, -0.1) is 0 Å². The number of hydrogen-bond acceptors (Lipinski definition) is 4. The van der Waals surface area contributed by atoms with Crippen molar-refractivity contribution < 1.29 is 8.91 Å². The van der Waals surface area contributed by atoms with E-state index in [-0.39, 0.29) is 11.9 Å². The van der Waals surface area contributed by atoms with E-state index in [0.717, 1.165) is 28.0 Å². The van der Waals surface area contributed by atoms with Crippen molar-refractivity contribution in [2.24, 2.45) is 0 Å². The largest absolute Gasteiger partial charge is 0.351 e. The molecule has 4 aromatic rings. The summed E-state index contributed by atoms with van der Waals surface area (Å²) in [5.41, 5.74) is 6.92. The van der Waals surface area contributed by atoms with Crippen molar-refractivity contribution in [2.75, 3.05) is 0 Å². The monoisotopic (exact) mass is 484 g/mol. The van der Waals surface area contributed by atoms with Gasteiger partial charge in [-0.05, 0) is 67.9 Å². The van der Waals surface area contributed by atoms with E-state index in [1.165, 1.54) is 23.3 Å². The van der Waals surface area contributed by atoms with Crippen LogP contribution in [0.1, 0.15) is 41.1 Å². The lowest BCUT2D eigenvalue weighted by Gasteiger charge is -2.37. The zero-order chi connectivity index (χ0) is 24.5. The number of halogens is 1. The molecular weight excluding hydrogens is 459 g/mol. The minimum absolute atomic E-state index is 0.296. The van der Waals surface area contributed by atoms with Gasteiger partial charge in [0.25, 0.3) is 5.89 Å². The van der Waals surface area contributed by atoms with Crippen molar-refractivity contribution in [1.82, 2.24) is 20.4 Å². The van der Waals surface area contributed by atoms with Gasteiger partial charge in [0.1, 0.15) is 5.82 Å². The van der Waals surface area contributed by atoms with E-state index in [1.54, 1.807) is 12.1 Å². The number of nitrogens with one attached hydrogen (secondary N) is 1. The van der Waals surface area contributed by atoms with Crippen LogP contribution < -0.4 is 5.32 Å². The van der Waals surface area contributed by atoms with E-state index >= 15 is 0 Å². The van der Waals surface area contributed by atoms with Crippen LogP contribution in [0.3, 0.4) is 0 Å². The zero-order valence-electron chi connectivity index (χ0n) is 19.7. The minimum Gasteiger partial charge on any atom is -0.351 e. The molecule has 1 aliphatic rings. The Kier molecular flexibility index (Phi) is 6.17. The maximum absolute atomic E-state index is 13.7. The van der Waals surface area contributed by atoms with Gasteiger partial charge in [0, 0.05) is 11.3 Å². The SMILES string of the molecule is CC1=C(c2nc(-c3cccc(C)c3)no2)C(c2ccc(F)cc2)NC(=S)N1Cc1ccccc1C. The molecule has 2 heterocycles. The Morgan fingerprint density at radius 3 is 2.51 bits per heavy atom. The summed E-state index contributed by atoms with van der Waals surface area (Å²) in [6.45, 7) is 6.72. The molecule has 7 heteroatoms. The molecule has 0 bridgehead atoms. The summed E-state index contributed by atoms with van der Waals surface area (Å²) < 4.78 is 19.5. The van der Waals surface area contributed by atoms with E-state index in [1.807, 2.05) is 55.1 Å². The van der Waals surface area contributed by atoms with Crippen LogP contribution in [0.2, 0.25) is 0 Å². The number of allylic oxidation sites excluding steroid dienone is 1. The normalized spacial score (nSPS) is 15.9. The molecule has 0 saturated carbocycles. The Hall–Kier alpha value is -3.84. The molecule has 0 amide bonds. The number of hydrogen-bond donors (Lipinski definition) is 1. The maximum Gasteiger partial charge on any atom is 0.258 e. The molecule has 0 spiro atoms. The third kappa shape index (κ3) is 4.59. The van der Waals surface area contributed by atoms with Crippen molar-refractivity contribution >= 4 is 22.9 Å². The first-order valence-electron chi connectivity index (χ1n) is 11.4. The zero-order valence-corrected chi connectivity index (χ0v) is 20.6. The second kappa shape index (κ2) is 9.43. The van der Waals surface area contributed by atoms with Gasteiger partial charge in [-0.2, -0.15) is 4.98 Å². The predicted molar refractivity (Wildman–Crippen MR) is 139 cm³/mol. The number of rotatable bonds is 5. The van der Waals surface area contributed by atoms with Crippen LogP contribution in [-0.2, 0) is 6.54 Å². The Morgan fingerprint density at radius 1 is 1.00 bits per heavy atom. The van der Waals surface area contributed by atoms with Gasteiger partial charge in [-0.25, -0.2) is 4.39 Å². The van der Waals surface area contributed by atoms with Crippen molar-refractivity contribution in [1.29, 1.82) is 0 Å². The number of thiocarbonyl (C=S) groups is 1. The molecule has 0 saturated heterocycles. The van der Waals surface area contributed by atoms with Gasteiger partial charge in [0.05, 0.1) is 18.2 Å². The molecule has 1 unspecified atom stereocenters. The van der Waals surface area contributed by atoms with E-state index in [9.17, 15) is 4.39 Å². The maximum atomic E-state index is 13.7. The van der Waals surface area contributed by atoms with Gasteiger partial charge >= 0.3 is 0 Å². The number of aryl methyl sites for hydroxylation is 2. The first-order chi connectivity index (χ1) is 16.9. The minimum atomic E-state index is -0.359. The number of benzene rings is 3. The Bertz CT molecular complexity index is 1430. The molecule has 5 nitrogen and oxygen atoms in total. The summed E-state index contributed by atoms with van der Waals surface area (Å²) in [5, 5.41) is 8.28. The molecule has 0 radical (unpaired) electrons. The predicted octanol–water partition coefficient (Wildman–Crippen LogP) is 6.36. The molecule has 176 valence electrons. The highest BCUT2D eigenvalue weighted by molar-refractivity contribution is 7.80. The summed E-state index contributed by atoms with van der Waals surface area (Å²) >= 11 is 5.79. The van der Waals surface area contributed by atoms with Crippen LogP contribution in [0, 0.1) is 19.7 Å². The third-order valence-corrected chi connectivity index (χ3v) is 6.66. The van der Waals surface area contributed by atoms with Crippen molar-refractivity contribution in [3.05, 3.63) is 112 Å². The fourth-order valence-electron chi connectivity index (χ4n) is 4.35. The lowest BCUT2D eigenvalue weighted by molar-refractivity contribution is 0.396. The van der Waals surface area contributed by atoms with E-state index in [4.69, 9.17) is 21.7 Å². The first-order valence-corrected chi connectivity index (χ1v) is 11.8. The van der Waals surface area contributed by atoms with Gasteiger partial charge in [0.15, 0.2) is 5.11 Å². The van der Waals surface area contributed by atoms with Gasteiger partial charge < -0.3 is 14.7 Å². The van der Waals surface area contributed by atoms with Crippen LogP contribution in [0.4, 0.5) is 4.39 Å². The Labute approximate surface area is 209 Å². The summed E-state index contributed by atoms with van der Waals surface area (Å²) in [4.78, 5) is 6.80. The molecule has 35 heavy (non-hydrogen) atoms. The number of nitrogens with zero attached hydrogens (tertiary/aromatic N) is 3. The number of aromatic nitrogens is 2. The molecule has 1 aromatic heterocycles. The second-order valence-corrected chi connectivity index (χ2v) is 9.13. The highest BCUT2D eigenvalue weighted by atomic mass is 32.1. The average Bonchev–Trinajstić information content (AvgIpc) is 3.33. The second-order valence-electron chi connectivity index (χ2n) is 8.74. The fraction of sp³-hybridized carbons (Fsp3) is 0.179. The van der Waals surface area contributed by atoms with Crippen LogP contribution in [0.25, 0.3) is 17.0 Å². The molecule has 1 N–H and O–H groups in total. The molecule has 1 aliphatic heterocycles. The van der Waals surface area contributed by atoms with E-state index in [0.29, 0.717) is 23.4 Å². The topological polar surface area (TPSA) is 54.2 Å². The lowest BCUT2D eigenvalue weighted by Crippen LogP contribution is -2.45. The van der Waals surface area contributed by atoms with Gasteiger partial charge in [-0.3, -0.25) is 0 Å². The van der Waals surface area contributed by atoms with Crippen LogP contribution >= 0.6 is 12.2 Å². The summed E-state index contributed by atoms with van der Waals surface area (Å²) in [6.07, 6.45) is 0. The molecule has 3 aromatic carbocycles. The highest BCUT2D eigenvalue weighted by Crippen LogP contribution is 2.38. The van der Waals surface area contributed by atoms with Crippen molar-refractivity contribution in [3.63, 3.8) is 0 Å². The molecular formula is C28H25FN4OS. The average molecular weight is 485 g/mol. The van der Waals surface area contributed by atoms with Crippen molar-refractivity contribution in [2.45, 2.75) is 33.4 Å². The Morgan fingerprint density at radius 2 is 1.77 bits per heavy atom. The highest BCUT2D eigenvalue weighted by Gasteiger charge is 2.34. The van der Waals surface area contributed by atoms with E-state index < -0.39 is 0 Å². The van der Waals surface area contributed by atoms with E-state index in [2.05, 4.69) is 29.5 Å².